The van der Waals surface area contributed by atoms with Gasteiger partial charge in [-0.1, -0.05) is 44.5 Å². The third-order valence-corrected chi connectivity index (χ3v) is 5.37. The van der Waals surface area contributed by atoms with Gasteiger partial charge in [0.05, 0.1) is 6.04 Å². The molecule has 1 aliphatic rings. The summed E-state index contributed by atoms with van der Waals surface area (Å²) in [6.45, 7) is 9.96. The summed E-state index contributed by atoms with van der Waals surface area (Å²) in [6, 6.07) is 5.63. The molecule has 0 bridgehead atoms. The van der Waals surface area contributed by atoms with Crippen molar-refractivity contribution in [1.82, 2.24) is 15.1 Å². The third-order valence-electron chi connectivity index (χ3n) is 5.12. The van der Waals surface area contributed by atoms with Gasteiger partial charge in [0, 0.05) is 23.0 Å². The number of carbonyl (C=O) groups excluding carboxylic acids is 1. The minimum absolute atomic E-state index is 0.0288. The van der Waals surface area contributed by atoms with Crippen LogP contribution in [0.1, 0.15) is 75.6 Å². The number of nitrogens with one attached hydrogen (secondary N) is 2. The van der Waals surface area contributed by atoms with Gasteiger partial charge in [0.1, 0.15) is 5.82 Å². The first kappa shape index (κ1) is 23.4. The molecule has 0 unspecified atom stereocenters. The molecule has 1 aromatic carbocycles. The van der Waals surface area contributed by atoms with E-state index in [9.17, 15) is 18.0 Å². The zero-order valence-electron chi connectivity index (χ0n) is 18.3. The van der Waals surface area contributed by atoms with Crippen LogP contribution in [0.5, 0.6) is 0 Å². The van der Waals surface area contributed by atoms with E-state index < -0.39 is 29.7 Å². The summed E-state index contributed by atoms with van der Waals surface area (Å²) in [5.74, 6) is -0.339. The van der Waals surface area contributed by atoms with E-state index in [0.29, 0.717) is 17.0 Å². The number of anilines is 1. The van der Waals surface area contributed by atoms with Crippen molar-refractivity contribution >= 4 is 23.3 Å². The van der Waals surface area contributed by atoms with Crippen molar-refractivity contribution in [3.63, 3.8) is 0 Å². The Hall–Kier alpha value is -2.22. The molecule has 2 heterocycles. The number of hydrogen-bond acceptors (Lipinski definition) is 3. The molecule has 1 aromatic heterocycles. The highest BCUT2D eigenvalue weighted by Crippen LogP contribution is 2.43. The van der Waals surface area contributed by atoms with Crippen LogP contribution in [0.25, 0.3) is 0 Å². The van der Waals surface area contributed by atoms with E-state index in [1.54, 1.807) is 24.3 Å². The fourth-order valence-electron chi connectivity index (χ4n) is 4.34. The summed E-state index contributed by atoms with van der Waals surface area (Å²) in [7, 11) is 0. The molecule has 0 saturated heterocycles. The monoisotopic (exact) mass is 456 g/mol. The number of alkyl halides is 3. The lowest BCUT2D eigenvalue weighted by molar-refractivity contribution is -0.173. The van der Waals surface area contributed by atoms with E-state index >= 15 is 0 Å². The zero-order valence-corrected chi connectivity index (χ0v) is 19.0. The van der Waals surface area contributed by atoms with Crippen LogP contribution in [0.3, 0.4) is 0 Å². The fraction of sp³-hybridized carbons (Fsp3) is 0.545. The summed E-state index contributed by atoms with van der Waals surface area (Å²) in [5, 5.41) is 10.5. The van der Waals surface area contributed by atoms with Gasteiger partial charge in [-0.2, -0.15) is 18.3 Å². The number of hydrogen-bond donors (Lipinski definition) is 2. The Kier molecular flexibility index (Phi) is 6.08. The van der Waals surface area contributed by atoms with Crippen LogP contribution < -0.4 is 10.6 Å². The molecule has 2 N–H and O–H groups in total. The molecular weight excluding hydrogens is 429 g/mol. The van der Waals surface area contributed by atoms with Crippen molar-refractivity contribution in [1.29, 1.82) is 0 Å². The highest BCUT2D eigenvalue weighted by atomic mass is 35.5. The third kappa shape index (κ3) is 5.73. The van der Waals surface area contributed by atoms with Crippen LogP contribution in [0.4, 0.5) is 19.0 Å². The normalized spacial score (nSPS) is 19.5. The number of rotatable bonds is 4. The van der Waals surface area contributed by atoms with E-state index in [1.807, 2.05) is 13.8 Å². The van der Waals surface area contributed by atoms with Gasteiger partial charge in [0.2, 0.25) is 0 Å². The van der Waals surface area contributed by atoms with Crippen LogP contribution in [0, 0.1) is 5.41 Å². The predicted octanol–water partition coefficient (Wildman–Crippen LogP) is 6.14. The summed E-state index contributed by atoms with van der Waals surface area (Å²) in [5.41, 5.74) is 0.0695. The van der Waals surface area contributed by atoms with Gasteiger partial charge >= 0.3 is 6.18 Å². The molecule has 31 heavy (non-hydrogen) atoms. The van der Waals surface area contributed by atoms with Gasteiger partial charge in [-0.25, -0.2) is 4.68 Å². The van der Waals surface area contributed by atoms with Crippen molar-refractivity contribution < 1.29 is 18.0 Å². The van der Waals surface area contributed by atoms with Crippen molar-refractivity contribution in [3.8, 4) is 0 Å². The topological polar surface area (TPSA) is 59.0 Å². The molecule has 0 saturated carbocycles. The SMILES string of the molecule is CC(C)(C)CC(C)(C)NC(=O)c1cc2n(n1)[C@@H](C(F)(F)F)C[C@H](c1ccc(Cl)cc1)N2. The fourth-order valence-corrected chi connectivity index (χ4v) is 4.47. The highest BCUT2D eigenvalue weighted by Gasteiger charge is 2.47. The lowest BCUT2D eigenvalue weighted by Gasteiger charge is -2.33. The number of fused-ring (bicyclic) bond motifs is 1. The van der Waals surface area contributed by atoms with Crippen LogP contribution in [-0.4, -0.2) is 27.4 Å². The van der Waals surface area contributed by atoms with Crippen LogP contribution in [-0.2, 0) is 0 Å². The van der Waals surface area contributed by atoms with E-state index in [0.717, 1.165) is 4.68 Å². The zero-order chi connectivity index (χ0) is 23.2. The molecular formula is C22H28ClF3N4O. The molecule has 0 aliphatic carbocycles. The molecule has 2 aromatic rings. The summed E-state index contributed by atoms with van der Waals surface area (Å²) in [4.78, 5) is 12.8. The van der Waals surface area contributed by atoms with Crippen molar-refractivity contribution in [3.05, 3.63) is 46.6 Å². The second-order valence-electron chi connectivity index (χ2n) is 9.98. The van der Waals surface area contributed by atoms with E-state index in [1.165, 1.54) is 6.07 Å². The molecule has 1 aliphatic heterocycles. The number of carbonyl (C=O) groups is 1. The Balaban J connectivity index is 1.89. The quantitative estimate of drug-likeness (QED) is 0.580. The van der Waals surface area contributed by atoms with Crippen molar-refractivity contribution in [2.75, 3.05) is 5.32 Å². The lowest BCUT2D eigenvalue weighted by Crippen LogP contribution is -2.46. The first-order valence-electron chi connectivity index (χ1n) is 10.2. The smallest absolute Gasteiger partial charge is 0.363 e. The van der Waals surface area contributed by atoms with E-state index in [-0.39, 0.29) is 23.3 Å². The minimum Gasteiger partial charge on any atom is -0.363 e. The van der Waals surface area contributed by atoms with Gasteiger partial charge in [-0.05, 0) is 43.4 Å². The largest absolute Gasteiger partial charge is 0.410 e. The summed E-state index contributed by atoms with van der Waals surface area (Å²) in [6.07, 6.45) is -4.05. The number of nitrogens with zero attached hydrogens (tertiary/aromatic N) is 2. The van der Waals surface area contributed by atoms with Crippen LogP contribution >= 0.6 is 11.6 Å². The Morgan fingerprint density at radius 2 is 1.81 bits per heavy atom. The Labute approximate surface area is 185 Å². The lowest BCUT2D eigenvalue weighted by atomic mass is 9.82. The number of amides is 1. The summed E-state index contributed by atoms with van der Waals surface area (Å²) >= 11 is 5.90. The van der Waals surface area contributed by atoms with Gasteiger partial charge in [-0.3, -0.25) is 4.79 Å². The Morgan fingerprint density at radius 1 is 1.19 bits per heavy atom. The summed E-state index contributed by atoms with van der Waals surface area (Å²) < 4.78 is 42.4. The van der Waals surface area contributed by atoms with Crippen molar-refractivity contribution in [2.45, 2.75) is 71.3 Å². The predicted molar refractivity (Wildman–Crippen MR) is 115 cm³/mol. The molecule has 3 rings (SSSR count). The van der Waals surface area contributed by atoms with Gasteiger partial charge < -0.3 is 10.6 Å². The standard InChI is InChI=1S/C22H28ClF3N4O/c1-20(2,3)12-21(4,5)28-19(31)16-11-18-27-15(13-6-8-14(23)9-7-13)10-17(22(24,25)26)30(18)29-16/h6-9,11,15,17,27H,10,12H2,1-5H3,(H,28,31)/t15-,17-/m1/s1. The number of halogens is 4. The molecule has 2 atom stereocenters. The maximum atomic E-state index is 13.8. The minimum atomic E-state index is -4.51. The first-order chi connectivity index (χ1) is 14.1. The number of benzene rings is 1. The molecule has 1 amide bonds. The molecule has 5 nitrogen and oxygen atoms in total. The Morgan fingerprint density at radius 3 is 2.35 bits per heavy atom. The van der Waals surface area contributed by atoms with Crippen molar-refractivity contribution in [2.24, 2.45) is 5.41 Å². The van der Waals surface area contributed by atoms with Crippen LogP contribution in [0.15, 0.2) is 30.3 Å². The molecule has 170 valence electrons. The molecule has 9 heteroatoms. The molecule has 0 radical (unpaired) electrons. The molecule has 0 fully saturated rings. The van der Waals surface area contributed by atoms with E-state index in [4.69, 9.17) is 11.6 Å². The average Bonchev–Trinajstić information content (AvgIpc) is 3.02. The van der Waals surface area contributed by atoms with Crippen LogP contribution in [0.2, 0.25) is 5.02 Å². The average molecular weight is 457 g/mol. The van der Waals surface area contributed by atoms with E-state index in [2.05, 4.69) is 36.5 Å². The maximum Gasteiger partial charge on any atom is 0.410 e. The Bertz CT molecular complexity index is 945. The molecule has 0 spiro atoms. The van der Waals surface area contributed by atoms with Gasteiger partial charge in [-0.15, -0.1) is 0 Å². The second-order valence-corrected chi connectivity index (χ2v) is 10.4. The van der Waals surface area contributed by atoms with Gasteiger partial charge in [0.25, 0.3) is 5.91 Å². The highest BCUT2D eigenvalue weighted by molar-refractivity contribution is 6.30. The number of aromatic nitrogens is 2. The maximum absolute atomic E-state index is 13.8. The second kappa shape index (κ2) is 8.04. The first-order valence-corrected chi connectivity index (χ1v) is 10.5. The van der Waals surface area contributed by atoms with Gasteiger partial charge in [0.15, 0.2) is 11.7 Å².